The monoisotopic (exact) mass is 435 g/mol. The van der Waals surface area contributed by atoms with E-state index < -0.39 is 5.82 Å². The molecule has 0 atom stereocenters. The van der Waals surface area contributed by atoms with Gasteiger partial charge in [-0.3, -0.25) is 0 Å². The lowest BCUT2D eigenvalue weighted by Crippen LogP contribution is -2.20. The molecule has 158 valence electrons. The van der Waals surface area contributed by atoms with Gasteiger partial charge in [0.15, 0.2) is 0 Å². The fourth-order valence-corrected chi connectivity index (χ4v) is 4.02. The van der Waals surface area contributed by atoms with Crippen LogP contribution in [-0.4, -0.2) is 23.1 Å². The Kier molecular flexibility index (Phi) is 5.34. The van der Waals surface area contributed by atoms with Crippen LogP contribution in [0.25, 0.3) is 16.5 Å². The standard InChI is InChI=1S/C24H23ClFN5/c1-14(15-5-6-15)28-23-19-4-2-3-18(16-9-11-27-12-10-16)22(19)30-24(31-23)29-17-7-8-21(26)20(25)13-17/h2-4,7-9,13,27H,5-6,10-12H2,1H3,(H2,28,29,30,31). The van der Waals surface area contributed by atoms with Crippen LogP contribution in [0.1, 0.15) is 31.7 Å². The van der Waals surface area contributed by atoms with Crippen molar-refractivity contribution >= 4 is 45.5 Å². The summed E-state index contributed by atoms with van der Waals surface area (Å²) < 4.78 is 13.6. The maximum absolute atomic E-state index is 13.6. The number of benzene rings is 2. The minimum atomic E-state index is -0.458. The van der Waals surface area contributed by atoms with Gasteiger partial charge in [0.05, 0.1) is 10.5 Å². The number of rotatable bonds is 5. The molecule has 1 aliphatic carbocycles. The minimum Gasteiger partial charge on any atom is -0.343 e. The van der Waals surface area contributed by atoms with E-state index in [1.165, 1.54) is 23.3 Å². The van der Waals surface area contributed by atoms with Gasteiger partial charge in [-0.1, -0.05) is 35.4 Å². The summed E-state index contributed by atoms with van der Waals surface area (Å²) in [5.74, 6) is 0.739. The van der Waals surface area contributed by atoms with E-state index in [2.05, 4.69) is 41.1 Å². The third-order valence-corrected chi connectivity index (χ3v) is 5.94. The molecule has 1 aromatic heterocycles. The maximum atomic E-state index is 13.6. The molecule has 31 heavy (non-hydrogen) atoms. The number of hydrogen-bond acceptors (Lipinski definition) is 5. The summed E-state index contributed by atoms with van der Waals surface area (Å²) in [5, 5.41) is 11.1. The van der Waals surface area contributed by atoms with Crippen molar-refractivity contribution in [1.82, 2.24) is 15.3 Å². The molecule has 2 aliphatic rings. The predicted octanol–water partition coefficient (Wildman–Crippen LogP) is 6.02. The summed E-state index contributed by atoms with van der Waals surface area (Å²) >= 11 is 5.96. The zero-order valence-corrected chi connectivity index (χ0v) is 18.0. The van der Waals surface area contributed by atoms with Crippen LogP contribution in [-0.2, 0) is 0 Å². The first-order valence-electron chi connectivity index (χ1n) is 10.5. The van der Waals surface area contributed by atoms with E-state index in [9.17, 15) is 4.39 Å². The Labute approximate surface area is 185 Å². The number of halogens is 2. The fourth-order valence-electron chi connectivity index (χ4n) is 3.84. The highest BCUT2D eigenvalue weighted by Gasteiger charge is 2.18. The second-order valence-corrected chi connectivity index (χ2v) is 8.30. The molecule has 2 heterocycles. The SMILES string of the molecule is CC(Nc1nc(Nc2ccc(F)c(Cl)c2)nc2c(C3=CCNCC3)cccc12)=C1CC1. The first kappa shape index (κ1) is 20.0. The number of hydrogen-bond donors (Lipinski definition) is 3. The van der Waals surface area contributed by atoms with Crippen molar-refractivity contribution < 1.29 is 4.39 Å². The fraction of sp³-hybridized carbons (Fsp3) is 0.250. The van der Waals surface area contributed by atoms with E-state index in [0.29, 0.717) is 11.6 Å². The van der Waals surface area contributed by atoms with Crippen LogP contribution < -0.4 is 16.0 Å². The Bertz CT molecular complexity index is 1230. The molecule has 5 rings (SSSR count). The quantitative estimate of drug-likeness (QED) is 0.457. The van der Waals surface area contributed by atoms with E-state index in [1.807, 2.05) is 6.07 Å². The largest absolute Gasteiger partial charge is 0.343 e. The highest BCUT2D eigenvalue weighted by molar-refractivity contribution is 6.31. The van der Waals surface area contributed by atoms with Crippen molar-refractivity contribution in [2.45, 2.75) is 26.2 Å². The van der Waals surface area contributed by atoms with Crippen LogP contribution in [0.3, 0.4) is 0 Å². The third kappa shape index (κ3) is 4.27. The number of nitrogens with one attached hydrogen (secondary N) is 3. The summed E-state index contributed by atoms with van der Waals surface area (Å²) in [5.41, 5.74) is 6.47. The van der Waals surface area contributed by atoms with E-state index in [4.69, 9.17) is 21.6 Å². The number of nitrogens with zero attached hydrogens (tertiary/aromatic N) is 2. The normalized spacial score (nSPS) is 15.6. The lowest BCUT2D eigenvalue weighted by molar-refractivity contribution is 0.628. The maximum Gasteiger partial charge on any atom is 0.229 e. The number of anilines is 3. The van der Waals surface area contributed by atoms with Gasteiger partial charge in [-0.15, -0.1) is 0 Å². The van der Waals surface area contributed by atoms with Gasteiger partial charge in [-0.2, -0.15) is 4.98 Å². The molecule has 1 aliphatic heterocycles. The van der Waals surface area contributed by atoms with E-state index >= 15 is 0 Å². The Morgan fingerprint density at radius 2 is 2.00 bits per heavy atom. The van der Waals surface area contributed by atoms with Crippen molar-refractivity contribution in [3.05, 3.63) is 70.1 Å². The zero-order chi connectivity index (χ0) is 21.4. The Morgan fingerprint density at radius 3 is 2.74 bits per heavy atom. The van der Waals surface area contributed by atoms with Crippen molar-refractivity contribution in [3.63, 3.8) is 0 Å². The van der Waals surface area contributed by atoms with Gasteiger partial charge in [-0.05, 0) is 62.6 Å². The predicted molar refractivity (Wildman–Crippen MR) is 125 cm³/mol. The molecule has 1 saturated carbocycles. The van der Waals surface area contributed by atoms with Crippen molar-refractivity contribution in [2.75, 3.05) is 23.7 Å². The third-order valence-electron chi connectivity index (χ3n) is 5.65. The Balaban J connectivity index is 1.63. The number of aromatic nitrogens is 2. The molecule has 0 saturated heterocycles. The minimum absolute atomic E-state index is 0.0546. The van der Waals surface area contributed by atoms with Gasteiger partial charge >= 0.3 is 0 Å². The van der Waals surface area contributed by atoms with Gasteiger partial charge < -0.3 is 16.0 Å². The summed E-state index contributed by atoms with van der Waals surface area (Å²) in [7, 11) is 0. The zero-order valence-electron chi connectivity index (χ0n) is 17.2. The molecule has 0 unspecified atom stereocenters. The van der Waals surface area contributed by atoms with Crippen LogP contribution in [0, 0.1) is 5.82 Å². The molecule has 7 heteroatoms. The van der Waals surface area contributed by atoms with E-state index in [0.717, 1.165) is 60.3 Å². The van der Waals surface area contributed by atoms with Crippen molar-refractivity contribution in [2.24, 2.45) is 0 Å². The van der Waals surface area contributed by atoms with Crippen LogP contribution in [0.2, 0.25) is 5.02 Å². The summed E-state index contributed by atoms with van der Waals surface area (Å²) in [6, 6.07) is 10.7. The van der Waals surface area contributed by atoms with Crippen LogP contribution in [0.4, 0.5) is 21.8 Å². The number of fused-ring (bicyclic) bond motifs is 1. The Hall–Kier alpha value is -2.96. The average Bonchev–Trinajstić information content (AvgIpc) is 3.62. The molecule has 3 aromatic rings. The summed E-state index contributed by atoms with van der Waals surface area (Å²) in [6.07, 6.45) is 5.43. The molecule has 2 aromatic carbocycles. The Morgan fingerprint density at radius 1 is 1.13 bits per heavy atom. The van der Waals surface area contributed by atoms with Gasteiger partial charge in [0, 0.05) is 28.9 Å². The van der Waals surface area contributed by atoms with E-state index in [1.54, 1.807) is 6.07 Å². The smallest absolute Gasteiger partial charge is 0.229 e. The molecule has 0 bridgehead atoms. The van der Waals surface area contributed by atoms with Gasteiger partial charge in [0.1, 0.15) is 11.6 Å². The first-order chi connectivity index (χ1) is 15.1. The first-order valence-corrected chi connectivity index (χ1v) is 10.8. The van der Waals surface area contributed by atoms with Crippen molar-refractivity contribution in [3.8, 4) is 0 Å². The molecular weight excluding hydrogens is 413 g/mol. The topological polar surface area (TPSA) is 61.9 Å². The lowest BCUT2D eigenvalue weighted by Gasteiger charge is -2.18. The molecule has 0 amide bonds. The van der Waals surface area contributed by atoms with Crippen LogP contribution >= 0.6 is 11.6 Å². The van der Waals surface area contributed by atoms with Crippen LogP contribution in [0.15, 0.2) is 53.7 Å². The molecule has 5 nitrogen and oxygen atoms in total. The van der Waals surface area contributed by atoms with Crippen molar-refractivity contribution in [1.29, 1.82) is 0 Å². The molecule has 0 radical (unpaired) electrons. The average molecular weight is 436 g/mol. The summed E-state index contributed by atoms with van der Waals surface area (Å²) in [6.45, 7) is 3.89. The summed E-state index contributed by atoms with van der Waals surface area (Å²) in [4.78, 5) is 9.60. The molecular formula is C24H23ClFN5. The number of allylic oxidation sites excluding steroid dienone is 2. The van der Waals surface area contributed by atoms with Gasteiger partial charge in [0.2, 0.25) is 5.95 Å². The second-order valence-electron chi connectivity index (χ2n) is 7.89. The molecule has 3 N–H and O–H groups in total. The van der Waals surface area contributed by atoms with Gasteiger partial charge in [0.25, 0.3) is 0 Å². The molecule has 0 spiro atoms. The molecule has 1 fully saturated rings. The second kappa shape index (κ2) is 8.29. The van der Waals surface area contributed by atoms with E-state index in [-0.39, 0.29) is 5.02 Å². The number of para-hydroxylation sites is 1. The van der Waals surface area contributed by atoms with Crippen LogP contribution in [0.5, 0.6) is 0 Å². The van der Waals surface area contributed by atoms with Gasteiger partial charge in [-0.25, -0.2) is 9.37 Å². The highest BCUT2D eigenvalue weighted by Crippen LogP contribution is 2.35. The lowest BCUT2D eigenvalue weighted by atomic mass is 9.97. The highest BCUT2D eigenvalue weighted by atomic mass is 35.5.